The minimum absolute atomic E-state index is 0.201. The van der Waals surface area contributed by atoms with Gasteiger partial charge in [0.25, 0.3) is 0 Å². The van der Waals surface area contributed by atoms with Gasteiger partial charge in [0.05, 0.1) is 6.85 Å². The summed E-state index contributed by atoms with van der Waals surface area (Å²) in [6.07, 6.45) is 0. The molecule has 0 atom stereocenters. The van der Waals surface area contributed by atoms with E-state index in [4.69, 9.17) is 11.3 Å². The monoisotopic (exact) mass is 575 g/mol. The zero-order chi connectivity index (χ0) is 33.8. The SMILES string of the molecule is [2H]c1c([2H])c([2H])c(-c2ccc3ccc4c(-c5cccc6oc7ccc(-c8cccc9ccccc89)cc7c56)ccc5ccc2c3c54)c([2H])c1[2H]. The fourth-order valence-corrected chi connectivity index (χ4v) is 7.33. The van der Waals surface area contributed by atoms with Gasteiger partial charge in [-0.3, -0.25) is 0 Å². The second kappa shape index (κ2) is 9.29. The summed E-state index contributed by atoms with van der Waals surface area (Å²) < 4.78 is 48.6. The molecule has 1 aromatic heterocycles. The summed E-state index contributed by atoms with van der Waals surface area (Å²) in [7, 11) is 0. The van der Waals surface area contributed by atoms with Crippen molar-refractivity contribution in [1.82, 2.24) is 0 Å². The van der Waals surface area contributed by atoms with Crippen molar-refractivity contribution >= 4 is 65.0 Å². The lowest BCUT2D eigenvalue weighted by atomic mass is 9.86. The van der Waals surface area contributed by atoms with Gasteiger partial charge in [-0.05, 0) is 94.7 Å². The number of furan rings is 1. The van der Waals surface area contributed by atoms with Gasteiger partial charge in [0.1, 0.15) is 11.2 Å². The number of fused-ring (bicyclic) bond motifs is 4. The predicted molar refractivity (Wildman–Crippen MR) is 191 cm³/mol. The molecular weight excluding hydrogens is 544 g/mol. The van der Waals surface area contributed by atoms with E-state index in [1.54, 1.807) is 0 Å². The molecule has 0 aliphatic heterocycles. The molecule has 0 saturated heterocycles. The molecule has 0 aliphatic rings. The van der Waals surface area contributed by atoms with Crippen LogP contribution < -0.4 is 0 Å². The third-order valence-corrected chi connectivity index (χ3v) is 9.32. The summed E-state index contributed by atoms with van der Waals surface area (Å²) in [5, 5.41) is 10.6. The Bertz CT molecular complexity index is 3010. The van der Waals surface area contributed by atoms with Crippen LogP contribution in [0.5, 0.6) is 0 Å². The molecule has 0 unspecified atom stereocenters. The first kappa shape index (κ1) is 20.1. The molecule has 0 saturated carbocycles. The lowest BCUT2D eigenvalue weighted by molar-refractivity contribution is 0.669. The maximum atomic E-state index is 8.71. The summed E-state index contributed by atoms with van der Waals surface area (Å²) in [4.78, 5) is 0. The molecule has 0 N–H and O–H groups in total. The molecule has 0 radical (unpaired) electrons. The van der Waals surface area contributed by atoms with Gasteiger partial charge in [-0.2, -0.15) is 0 Å². The van der Waals surface area contributed by atoms with Gasteiger partial charge in [0.15, 0.2) is 0 Å². The van der Waals surface area contributed by atoms with E-state index < -0.39 is 6.04 Å². The maximum Gasteiger partial charge on any atom is 0.136 e. The van der Waals surface area contributed by atoms with Gasteiger partial charge < -0.3 is 4.42 Å². The van der Waals surface area contributed by atoms with E-state index in [2.05, 4.69) is 97.1 Å². The highest BCUT2D eigenvalue weighted by atomic mass is 16.3. The molecule has 208 valence electrons. The van der Waals surface area contributed by atoms with Gasteiger partial charge in [0.2, 0.25) is 0 Å². The predicted octanol–water partition coefficient (Wildman–Crippen LogP) is 12.6. The van der Waals surface area contributed by atoms with E-state index in [1.807, 2.05) is 30.3 Å². The summed E-state index contributed by atoms with van der Waals surface area (Å²) in [5.41, 5.74) is 6.93. The van der Waals surface area contributed by atoms with Crippen LogP contribution in [-0.2, 0) is 0 Å². The third kappa shape index (κ3) is 3.56. The molecule has 0 amide bonds. The van der Waals surface area contributed by atoms with Gasteiger partial charge in [-0.15, -0.1) is 0 Å². The summed E-state index contributed by atoms with van der Waals surface area (Å²) >= 11 is 0. The third-order valence-electron chi connectivity index (χ3n) is 9.32. The Morgan fingerprint density at radius 2 is 1.04 bits per heavy atom. The van der Waals surface area contributed by atoms with Crippen molar-refractivity contribution in [3.63, 3.8) is 0 Å². The van der Waals surface area contributed by atoms with Crippen LogP contribution in [0.2, 0.25) is 0 Å². The van der Waals surface area contributed by atoms with Crippen LogP contribution in [0, 0.1) is 0 Å². The molecule has 0 fully saturated rings. The Balaban J connectivity index is 1.24. The molecular formula is C44H26O. The van der Waals surface area contributed by atoms with Crippen LogP contribution in [0.3, 0.4) is 0 Å². The number of benzene rings is 9. The number of hydrogen-bond acceptors (Lipinski definition) is 1. The van der Waals surface area contributed by atoms with E-state index in [1.165, 1.54) is 16.3 Å². The molecule has 0 aliphatic carbocycles. The van der Waals surface area contributed by atoms with Crippen molar-refractivity contribution in [2.75, 3.05) is 0 Å². The quantitative estimate of drug-likeness (QED) is 0.191. The Morgan fingerprint density at radius 3 is 1.89 bits per heavy atom. The van der Waals surface area contributed by atoms with Gasteiger partial charge in [-0.1, -0.05) is 139 Å². The summed E-state index contributed by atoms with van der Waals surface area (Å²) in [6.45, 7) is 0. The van der Waals surface area contributed by atoms with Crippen molar-refractivity contribution < 1.29 is 11.3 Å². The Kier molecular flexibility index (Phi) is 4.15. The van der Waals surface area contributed by atoms with Gasteiger partial charge >= 0.3 is 0 Å². The standard InChI is InChI=1S/C44H26O/c1-2-8-27(9-3-1)34-21-16-29-19-24-38-35(22-17-30-18-23-37(34)42(29)43(30)38)36-14-7-15-41-44(36)39-26-31(20-25-40(39)45-41)33-13-6-11-28-10-4-5-12-32(28)33/h1-26H/i1D,2D,3D,8D,9D. The maximum absolute atomic E-state index is 8.71. The molecule has 9 aromatic carbocycles. The van der Waals surface area contributed by atoms with Crippen LogP contribution in [0.15, 0.2) is 162 Å². The van der Waals surface area contributed by atoms with Crippen molar-refractivity contribution in [2.45, 2.75) is 0 Å². The Hall–Kier alpha value is -5.92. The van der Waals surface area contributed by atoms with E-state index in [0.29, 0.717) is 5.56 Å². The molecule has 1 nitrogen and oxygen atoms in total. The Morgan fingerprint density at radius 1 is 0.378 bits per heavy atom. The zero-order valence-corrected chi connectivity index (χ0v) is 24.0. The zero-order valence-electron chi connectivity index (χ0n) is 29.0. The topological polar surface area (TPSA) is 13.1 Å². The van der Waals surface area contributed by atoms with Crippen molar-refractivity contribution in [3.05, 3.63) is 158 Å². The van der Waals surface area contributed by atoms with Gasteiger partial charge in [0, 0.05) is 10.8 Å². The van der Waals surface area contributed by atoms with Crippen LogP contribution in [0.1, 0.15) is 6.85 Å². The minimum Gasteiger partial charge on any atom is -0.456 e. The smallest absolute Gasteiger partial charge is 0.136 e. The molecule has 10 aromatic rings. The molecule has 1 heteroatoms. The van der Waals surface area contributed by atoms with Crippen molar-refractivity contribution in [2.24, 2.45) is 0 Å². The summed E-state index contributed by atoms with van der Waals surface area (Å²) in [6, 6.07) is 42.7. The average molecular weight is 576 g/mol. The first-order valence-electron chi connectivity index (χ1n) is 17.6. The number of hydrogen-bond donors (Lipinski definition) is 0. The first-order chi connectivity index (χ1) is 24.4. The first-order valence-corrected chi connectivity index (χ1v) is 15.1. The molecule has 1 heterocycles. The molecule has 45 heavy (non-hydrogen) atoms. The van der Waals surface area contributed by atoms with Crippen molar-refractivity contribution in [3.8, 4) is 33.4 Å². The van der Waals surface area contributed by atoms with Gasteiger partial charge in [-0.25, -0.2) is 0 Å². The highest BCUT2D eigenvalue weighted by Crippen LogP contribution is 2.45. The van der Waals surface area contributed by atoms with E-state index in [9.17, 15) is 0 Å². The fraction of sp³-hybridized carbons (Fsp3) is 0. The second-order valence-corrected chi connectivity index (χ2v) is 11.7. The molecule has 10 rings (SSSR count). The fourth-order valence-electron chi connectivity index (χ4n) is 7.33. The van der Waals surface area contributed by atoms with Crippen LogP contribution >= 0.6 is 0 Å². The molecule has 0 bridgehead atoms. The van der Waals surface area contributed by atoms with Crippen LogP contribution in [0.25, 0.3) is 98.4 Å². The average Bonchev–Trinajstić information content (AvgIpc) is 3.54. The molecule has 0 spiro atoms. The highest BCUT2D eigenvalue weighted by Gasteiger charge is 2.18. The number of rotatable bonds is 3. The summed E-state index contributed by atoms with van der Waals surface area (Å²) in [5.74, 6) is 0. The van der Waals surface area contributed by atoms with Crippen LogP contribution in [-0.4, -0.2) is 0 Å². The van der Waals surface area contributed by atoms with E-state index in [0.717, 1.165) is 70.9 Å². The minimum atomic E-state index is -0.392. The Labute approximate surface area is 266 Å². The normalized spacial score (nSPS) is 13.6. The highest BCUT2D eigenvalue weighted by molar-refractivity contribution is 6.28. The van der Waals surface area contributed by atoms with Crippen LogP contribution in [0.4, 0.5) is 0 Å². The van der Waals surface area contributed by atoms with E-state index in [-0.39, 0.29) is 29.7 Å². The lowest BCUT2D eigenvalue weighted by Gasteiger charge is -2.17. The second-order valence-electron chi connectivity index (χ2n) is 11.7. The largest absolute Gasteiger partial charge is 0.456 e. The van der Waals surface area contributed by atoms with E-state index >= 15 is 0 Å². The van der Waals surface area contributed by atoms with Crippen molar-refractivity contribution in [1.29, 1.82) is 0 Å². The lowest BCUT2D eigenvalue weighted by Crippen LogP contribution is -1.89.